The third kappa shape index (κ3) is 53.3. The highest BCUT2D eigenvalue weighted by atomic mass is 16.1. The summed E-state index contributed by atoms with van der Waals surface area (Å²) in [5.74, 6) is 0. The Labute approximate surface area is 135 Å². The zero-order chi connectivity index (χ0) is 13.9. The lowest BCUT2D eigenvalue weighted by Gasteiger charge is -1.69. The van der Waals surface area contributed by atoms with E-state index < -0.39 is 0 Å². The van der Waals surface area contributed by atoms with Gasteiger partial charge < -0.3 is 0 Å². The molecule has 0 amide bonds. The normalized spacial score (nSPS) is 5.09. The van der Waals surface area contributed by atoms with Crippen molar-refractivity contribution >= 4 is 12.2 Å². The number of rotatable bonds is 0. The Morgan fingerprint density at radius 2 is 0.455 bits per heavy atom. The largest absolute Gasteiger partial charge is 0.231 e. The van der Waals surface area contributed by atoms with Gasteiger partial charge in [-0.25, -0.2) is 20.4 Å². The third-order valence-electron chi connectivity index (χ3n) is 1.33. The van der Waals surface area contributed by atoms with Crippen LogP contribution in [-0.4, -0.2) is 12.2 Å². The van der Waals surface area contributed by atoms with Gasteiger partial charge >= 0.3 is 0 Å². The molecule has 0 atom stereocenters. The number of isocyanates is 2. The number of nitrogens with one attached hydrogen (secondary N) is 2. The zero-order valence-electron chi connectivity index (χ0n) is 9.74. The fourth-order valence-electron chi connectivity index (χ4n) is 0.770. The Bertz CT molecular complexity index is 322. The smallest absolute Gasteiger partial charge is 0.222 e. The Balaban J connectivity index is -0.0000000384. The summed E-state index contributed by atoms with van der Waals surface area (Å²) in [5, 5.41) is 10.8. The topological polar surface area (TPSA) is 81.8 Å². The summed E-state index contributed by atoms with van der Waals surface area (Å²) >= 11 is 0. The molecule has 0 spiro atoms. The maximum Gasteiger partial charge on any atom is 0.231 e. The van der Waals surface area contributed by atoms with Gasteiger partial charge in [-0.1, -0.05) is 103 Å². The van der Waals surface area contributed by atoms with E-state index in [1.807, 2.05) is 72.8 Å². The summed E-state index contributed by atoms with van der Waals surface area (Å²) in [7, 11) is 0. The number of carbonyl (C=O) groups excluding carboxylic acids is 2. The van der Waals surface area contributed by atoms with Gasteiger partial charge in [0.1, 0.15) is 0 Å². The quantitative estimate of drug-likeness (QED) is 0.482. The van der Waals surface area contributed by atoms with Gasteiger partial charge in [0.05, 0.1) is 0 Å². The Hall–Kier alpha value is -2.80. The van der Waals surface area contributed by atoms with Crippen molar-refractivity contribution < 1.29 is 9.59 Å². The highest BCUT2D eigenvalue weighted by molar-refractivity contribution is 5.26. The average molecular weight is 306 g/mol. The van der Waals surface area contributed by atoms with Crippen LogP contribution in [0.1, 0.15) is 29.7 Å². The molecule has 4 heteroatoms. The molecular formula is C18H30N2O2. The van der Waals surface area contributed by atoms with Crippen LogP contribution in [0.25, 0.3) is 0 Å². The molecule has 0 bridgehead atoms. The minimum Gasteiger partial charge on any atom is -0.222 e. The molecule has 0 saturated heterocycles. The van der Waals surface area contributed by atoms with E-state index in [-0.39, 0.29) is 29.7 Å². The summed E-state index contributed by atoms with van der Waals surface area (Å²) < 4.78 is 0. The summed E-state index contributed by atoms with van der Waals surface area (Å²) in [6.45, 7) is 0. The minimum absolute atomic E-state index is 0. The lowest BCUT2D eigenvalue weighted by molar-refractivity contribution is 0.562. The van der Waals surface area contributed by atoms with Crippen molar-refractivity contribution in [3.63, 3.8) is 0 Å². The predicted octanol–water partition coefficient (Wildman–Crippen LogP) is 5.72. The van der Waals surface area contributed by atoms with E-state index in [1.165, 1.54) is 0 Å². The molecule has 4 nitrogen and oxygen atoms in total. The van der Waals surface area contributed by atoms with Crippen molar-refractivity contribution in [3.8, 4) is 0 Å². The van der Waals surface area contributed by atoms with Crippen LogP contribution in [0.4, 0.5) is 0 Å². The molecule has 2 aromatic rings. The van der Waals surface area contributed by atoms with E-state index >= 15 is 0 Å². The first-order valence-electron chi connectivity index (χ1n) is 4.91. The summed E-state index contributed by atoms with van der Waals surface area (Å²) in [4.78, 5) is 16.7. The van der Waals surface area contributed by atoms with E-state index in [1.54, 1.807) is 0 Å². The second-order valence-electron chi connectivity index (χ2n) is 2.51. The molecule has 2 N–H and O–H groups in total. The van der Waals surface area contributed by atoms with E-state index in [2.05, 4.69) is 0 Å². The summed E-state index contributed by atoms with van der Waals surface area (Å²) in [5.41, 5.74) is 0. The number of hydrogen-bond donors (Lipinski definition) is 2. The van der Waals surface area contributed by atoms with Gasteiger partial charge in [-0.05, 0) is 0 Å². The van der Waals surface area contributed by atoms with Crippen molar-refractivity contribution in [1.29, 1.82) is 10.8 Å². The second kappa shape index (κ2) is 42.9. The van der Waals surface area contributed by atoms with Crippen molar-refractivity contribution in [1.82, 2.24) is 0 Å². The monoisotopic (exact) mass is 306 g/mol. The van der Waals surface area contributed by atoms with Gasteiger partial charge in [0.25, 0.3) is 0 Å². The molecule has 2 rings (SSSR count). The maximum absolute atomic E-state index is 8.35. The molecule has 0 saturated carbocycles. The van der Waals surface area contributed by atoms with Crippen LogP contribution < -0.4 is 0 Å². The Kier molecular flexibility index (Phi) is 71.2. The van der Waals surface area contributed by atoms with Gasteiger partial charge in [0, 0.05) is 0 Å². The fourth-order valence-corrected chi connectivity index (χ4v) is 0.770. The third-order valence-corrected chi connectivity index (χ3v) is 1.33. The minimum atomic E-state index is 0. The molecule has 0 aromatic heterocycles. The summed E-state index contributed by atoms with van der Waals surface area (Å²) in [6.07, 6.45) is 1.50. The van der Waals surface area contributed by atoms with Crippen LogP contribution >= 0.6 is 0 Å². The van der Waals surface area contributed by atoms with Gasteiger partial charge in [0.2, 0.25) is 12.2 Å². The molecule has 0 aliphatic carbocycles. The van der Waals surface area contributed by atoms with E-state index in [9.17, 15) is 0 Å². The van der Waals surface area contributed by atoms with E-state index in [0.29, 0.717) is 0 Å². The van der Waals surface area contributed by atoms with E-state index in [4.69, 9.17) is 20.4 Å². The van der Waals surface area contributed by atoms with Crippen molar-refractivity contribution in [2.24, 2.45) is 0 Å². The van der Waals surface area contributed by atoms with E-state index in [0.717, 1.165) is 12.2 Å². The SMILES string of the molecule is C.C.C.C.N=C=O.N=C=O.c1ccccc1.c1ccccc1. The lowest BCUT2D eigenvalue weighted by Crippen LogP contribution is -1.47. The molecule has 124 valence electrons. The molecule has 0 heterocycles. The molecule has 0 fully saturated rings. The van der Waals surface area contributed by atoms with Crippen molar-refractivity contribution in [3.05, 3.63) is 72.8 Å². The highest BCUT2D eigenvalue weighted by Crippen LogP contribution is 1.80. The Morgan fingerprint density at radius 3 is 0.500 bits per heavy atom. The van der Waals surface area contributed by atoms with Crippen LogP contribution in [0.3, 0.4) is 0 Å². The molecule has 0 radical (unpaired) electrons. The summed E-state index contributed by atoms with van der Waals surface area (Å²) in [6, 6.07) is 24.0. The van der Waals surface area contributed by atoms with Crippen LogP contribution in [0, 0.1) is 10.8 Å². The Morgan fingerprint density at radius 1 is 0.409 bits per heavy atom. The average Bonchev–Trinajstić information content (AvgIpc) is 2.45. The van der Waals surface area contributed by atoms with Crippen LogP contribution in [0.5, 0.6) is 0 Å². The standard InChI is InChI=1S/2C6H6.2CHNO.4CH4/c2*1-2-4-6-5-3-1;2*2-1-3;;;;/h2*1-6H;2*2H;4*1H4. The molecule has 22 heavy (non-hydrogen) atoms. The first-order valence-corrected chi connectivity index (χ1v) is 4.91. The van der Waals surface area contributed by atoms with Gasteiger partial charge in [-0.3, -0.25) is 0 Å². The number of hydrogen-bond acceptors (Lipinski definition) is 4. The van der Waals surface area contributed by atoms with Crippen molar-refractivity contribution in [2.75, 3.05) is 0 Å². The first-order chi connectivity index (χ1) is 8.83. The molecule has 2 aromatic carbocycles. The fraction of sp³-hybridized carbons (Fsp3) is 0.222. The molecular weight excluding hydrogens is 276 g/mol. The van der Waals surface area contributed by atoms with Gasteiger partial charge in [0.15, 0.2) is 0 Å². The lowest BCUT2D eigenvalue weighted by atomic mass is 10.4. The molecule has 0 unspecified atom stereocenters. The molecule has 0 aliphatic heterocycles. The van der Waals surface area contributed by atoms with Crippen molar-refractivity contribution in [2.45, 2.75) is 29.7 Å². The van der Waals surface area contributed by atoms with Gasteiger partial charge in [-0.2, -0.15) is 0 Å². The second-order valence-corrected chi connectivity index (χ2v) is 2.51. The zero-order valence-corrected chi connectivity index (χ0v) is 9.74. The number of benzene rings is 2. The van der Waals surface area contributed by atoms with Crippen LogP contribution in [0.2, 0.25) is 0 Å². The first kappa shape index (κ1) is 36.5. The highest BCUT2D eigenvalue weighted by Gasteiger charge is 1.58. The molecule has 0 aliphatic rings. The van der Waals surface area contributed by atoms with Gasteiger partial charge in [-0.15, -0.1) is 0 Å². The van der Waals surface area contributed by atoms with Crippen LogP contribution in [-0.2, 0) is 9.59 Å². The van der Waals surface area contributed by atoms with Crippen LogP contribution in [0.15, 0.2) is 72.8 Å². The maximum atomic E-state index is 8.35. The predicted molar refractivity (Wildman–Crippen MR) is 96.6 cm³/mol.